The van der Waals surface area contributed by atoms with Crippen LogP contribution in [0.25, 0.3) is 6.08 Å². The lowest BCUT2D eigenvalue weighted by Gasteiger charge is -2.37. The lowest BCUT2D eigenvalue weighted by Crippen LogP contribution is -2.40. The highest BCUT2D eigenvalue weighted by Crippen LogP contribution is 2.38. The monoisotopic (exact) mass is 339 g/mol. The van der Waals surface area contributed by atoms with Gasteiger partial charge in [0.1, 0.15) is 11.4 Å². The fourth-order valence-corrected chi connectivity index (χ4v) is 3.34. The molecule has 0 fully saturated rings. The van der Waals surface area contributed by atoms with Gasteiger partial charge < -0.3 is 14.7 Å². The van der Waals surface area contributed by atoms with Crippen molar-refractivity contribution in [3.8, 4) is 5.75 Å². The van der Waals surface area contributed by atoms with Crippen LogP contribution < -0.4 is 4.74 Å². The minimum Gasteiger partial charge on any atom is -0.497 e. The Balaban J connectivity index is 2.48. The van der Waals surface area contributed by atoms with E-state index in [0.29, 0.717) is 0 Å². The molecule has 2 rings (SSSR count). The third-order valence-corrected chi connectivity index (χ3v) is 4.67. The molecule has 2 aromatic carbocycles. The maximum atomic E-state index is 11.8. The number of hydrogen-bond acceptors (Lipinski definition) is 3. The smallest absolute Gasteiger partial charge is 0.118 e. The maximum absolute atomic E-state index is 11.8. The molecular weight excluding hydrogens is 310 g/mol. The first-order valence-electron chi connectivity index (χ1n) is 8.63. The van der Waals surface area contributed by atoms with Crippen LogP contribution in [0.2, 0.25) is 0 Å². The molecule has 0 radical (unpaired) electrons. The van der Waals surface area contributed by atoms with Crippen LogP contribution >= 0.6 is 0 Å². The second kappa shape index (κ2) is 8.32. The summed E-state index contributed by atoms with van der Waals surface area (Å²) in [6.45, 7) is 4.87. The first kappa shape index (κ1) is 19.2. The Morgan fingerprint density at radius 2 is 1.72 bits per heavy atom. The van der Waals surface area contributed by atoms with Crippen molar-refractivity contribution in [3.05, 3.63) is 71.3 Å². The zero-order valence-corrected chi connectivity index (χ0v) is 15.9. The molecule has 0 aliphatic heterocycles. The van der Waals surface area contributed by atoms with E-state index in [0.717, 1.165) is 29.0 Å². The van der Waals surface area contributed by atoms with Crippen molar-refractivity contribution in [3.63, 3.8) is 0 Å². The first-order valence-corrected chi connectivity index (χ1v) is 8.63. The van der Waals surface area contributed by atoms with Crippen LogP contribution in [0.4, 0.5) is 0 Å². The van der Waals surface area contributed by atoms with E-state index in [9.17, 15) is 5.11 Å². The van der Waals surface area contributed by atoms with Crippen molar-refractivity contribution < 1.29 is 9.84 Å². The van der Waals surface area contributed by atoms with Crippen LogP contribution in [0.5, 0.6) is 5.75 Å². The van der Waals surface area contributed by atoms with Gasteiger partial charge in [-0.15, -0.1) is 0 Å². The van der Waals surface area contributed by atoms with E-state index in [1.165, 1.54) is 0 Å². The second-order valence-corrected chi connectivity index (χ2v) is 6.90. The predicted octanol–water partition coefficient (Wildman–Crippen LogP) is 4.18. The minimum absolute atomic E-state index is 0.0239. The maximum Gasteiger partial charge on any atom is 0.118 e. The van der Waals surface area contributed by atoms with Gasteiger partial charge in [0.2, 0.25) is 0 Å². The molecule has 0 aliphatic rings. The molecule has 0 heterocycles. The summed E-state index contributed by atoms with van der Waals surface area (Å²) in [6, 6.07) is 17.8. The van der Waals surface area contributed by atoms with Crippen molar-refractivity contribution in [2.24, 2.45) is 5.92 Å². The summed E-state index contributed by atoms with van der Waals surface area (Å²) in [6.07, 6.45) is 2.07. The van der Waals surface area contributed by atoms with Crippen molar-refractivity contribution >= 4 is 6.08 Å². The van der Waals surface area contributed by atoms with Crippen LogP contribution in [0.15, 0.2) is 60.2 Å². The fourth-order valence-electron chi connectivity index (χ4n) is 3.34. The zero-order chi connectivity index (χ0) is 18.4. The molecule has 0 aromatic heterocycles. The van der Waals surface area contributed by atoms with Crippen molar-refractivity contribution in [2.75, 3.05) is 27.7 Å². The molecule has 134 valence electrons. The highest BCUT2D eigenvalue weighted by Gasteiger charge is 2.37. The third-order valence-electron chi connectivity index (χ3n) is 4.67. The Bertz CT molecular complexity index is 692. The average Bonchev–Trinajstić information content (AvgIpc) is 2.61. The molecule has 0 saturated heterocycles. The van der Waals surface area contributed by atoms with Crippen molar-refractivity contribution in [1.82, 2.24) is 4.90 Å². The van der Waals surface area contributed by atoms with Gasteiger partial charge in [0, 0.05) is 12.5 Å². The number of nitrogens with zero attached hydrogens (tertiary/aromatic N) is 1. The molecule has 3 heteroatoms. The van der Waals surface area contributed by atoms with E-state index >= 15 is 0 Å². The molecule has 0 amide bonds. The molecule has 3 nitrogen and oxygen atoms in total. The lowest BCUT2D eigenvalue weighted by molar-refractivity contribution is 0.0105. The van der Waals surface area contributed by atoms with E-state index in [1.54, 1.807) is 7.11 Å². The normalized spacial score (nSPS) is 15.7. The van der Waals surface area contributed by atoms with Crippen LogP contribution in [-0.4, -0.2) is 37.8 Å². The SMILES string of the molecule is COc1ccc(C(O)(/C(C)=C/c2ccccc2)C(C)CN(C)C)cc1. The Labute approximate surface area is 151 Å². The Morgan fingerprint density at radius 3 is 2.24 bits per heavy atom. The number of benzene rings is 2. The molecule has 0 saturated carbocycles. The number of rotatable bonds is 7. The van der Waals surface area contributed by atoms with Crippen LogP contribution in [0.3, 0.4) is 0 Å². The number of methoxy groups -OCH3 is 1. The van der Waals surface area contributed by atoms with Crippen molar-refractivity contribution in [2.45, 2.75) is 19.4 Å². The molecule has 0 spiro atoms. The first-order chi connectivity index (χ1) is 11.9. The summed E-state index contributed by atoms with van der Waals surface area (Å²) in [4.78, 5) is 2.11. The van der Waals surface area contributed by atoms with Gasteiger partial charge in [-0.2, -0.15) is 0 Å². The van der Waals surface area contributed by atoms with E-state index in [4.69, 9.17) is 4.74 Å². The number of hydrogen-bond donors (Lipinski definition) is 1. The van der Waals surface area contributed by atoms with Gasteiger partial charge in [-0.25, -0.2) is 0 Å². The Kier molecular flexibility index (Phi) is 6.40. The van der Waals surface area contributed by atoms with Crippen LogP contribution in [0.1, 0.15) is 25.0 Å². The van der Waals surface area contributed by atoms with Gasteiger partial charge in [-0.1, -0.05) is 55.5 Å². The Hall–Kier alpha value is -2.10. The van der Waals surface area contributed by atoms with Crippen LogP contribution in [-0.2, 0) is 5.60 Å². The summed E-state index contributed by atoms with van der Waals surface area (Å²) in [7, 11) is 5.71. The van der Waals surface area contributed by atoms with Crippen molar-refractivity contribution in [1.29, 1.82) is 0 Å². The third kappa shape index (κ3) is 4.50. The van der Waals surface area contributed by atoms with Crippen LogP contribution in [0, 0.1) is 5.92 Å². The van der Waals surface area contributed by atoms with E-state index in [2.05, 4.69) is 30.0 Å². The highest BCUT2D eigenvalue weighted by molar-refractivity contribution is 5.56. The summed E-state index contributed by atoms with van der Waals surface area (Å²) < 4.78 is 5.26. The molecule has 1 N–H and O–H groups in total. The molecule has 2 atom stereocenters. The predicted molar refractivity (Wildman–Crippen MR) is 105 cm³/mol. The largest absolute Gasteiger partial charge is 0.497 e. The van der Waals surface area contributed by atoms with Gasteiger partial charge in [-0.3, -0.25) is 0 Å². The lowest BCUT2D eigenvalue weighted by atomic mass is 9.76. The van der Waals surface area contributed by atoms with Gasteiger partial charge >= 0.3 is 0 Å². The summed E-state index contributed by atoms with van der Waals surface area (Å²) in [5.74, 6) is 0.812. The topological polar surface area (TPSA) is 32.7 Å². The fraction of sp³-hybridized carbons (Fsp3) is 0.364. The van der Waals surface area contributed by atoms with Gasteiger partial charge in [-0.05, 0) is 49.9 Å². The second-order valence-electron chi connectivity index (χ2n) is 6.90. The summed E-state index contributed by atoms with van der Waals surface area (Å²) >= 11 is 0. The van der Waals surface area contributed by atoms with Gasteiger partial charge in [0.15, 0.2) is 0 Å². The molecule has 2 aromatic rings. The standard InChI is InChI=1S/C22H29NO2/c1-17(15-19-9-7-6-8-10-19)22(24,18(2)16-23(3)4)20-11-13-21(25-5)14-12-20/h6-15,18,24H,16H2,1-5H3/b17-15+. The average molecular weight is 339 g/mol. The quantitative estimate of drug-likeness (QED) is 0.821. The molecule has 0 bridgehead atoms. The van der Waals surface area contributed by atoms with E-state index in [1.807, 2.05) is 63.5 Å². The highest BCUT2D eigenvalue weighted by atomic mass is 16.5. The number of aliphatic hydroxyl groups is 1. The minimum atomic E-state index is -1.05. The Morgan fingerprint density at radius 1 is 1.12 bits per heavy atom. The molecule has 25 heavy (non-hydrogen) atoms. The zero-order valence-electron chi connectivity index (χ0n) is 15.9. The summed E-state index contributed by atoms with van der Waals surface area (Å²) in [5.41, 5.74) is 1.85. The molecule has 2 unspecified atom stereocenters. The number of ether oxygens (including phenoxy) is 1. The van der Waals surface area contributed by atoms with E-state index in [-0.39, 0.29) is 5.92 Å². The summed E-state index contributed by atoms with van der Waals surface area (Å²) in [5, 5.41) is 11.8. The molecule has 0 aliphatic carbocycles. The van der Waals surface area contributed by atoms with Gasteiger partial charge in [0.05, 0.1) is 7.11 Å². The van der Waals surface area contributed by atoms with E-state index < -0.39 is 5.60 Å². The molecular formula is C22H29NO2. The van der Waals surface area contributed by atoms with Gasteiger partial charge in [0.25, 0.3) is 0 Å².